The van der Waals surface area contributed by atoms with E-state index in [1.54, 1.807) is 17.0 Å². The van der Waals surface area contributed by atoms with E-state index in [-0.39, 0.29) is 39.2 Å². The molecule has 10 heteroatoms. The Morgan fingerprint density at radius 1 is 0.886 bits per heavy atom. The normalized spacial score (nSPS) is 11.1. The molecule has 0 unspecified atom stereocenters. The monoisotopic (exact) mass is 473 g/mol. The van der Waals surface area contributed by atoms with Gasteiger partial charge in [0, 0.05) is 48.5 Å². The largest absolute Gasteiger partial charge is 0.339 e. The first kappa shape index (κ1) is 25.1. The third kappa shape index (κ3) is 4.73. The Hall–Kier alpha value is -4.57. The molecule has 1 aliphatic carbocycles. The van der Waals surface area contributed by atoms with Gasteiger partial charge in [-0.2, -0.15) is 10.5 Å². The fourth-order valence-corrected chi connectivity index (χ4v) is 4.19. The molecule has 1 aliphatic rings. The van der Waals surface area contributed by atoms with Gasteiger partial charge in [0.05, 0.1) is 15.4 Å². The Morgan fingerprint density at radius 2 is 1.46 bits per heavy atom. The molecule has 0 aliphatic heterocycles. The number of unbranched alkanes of at least 4 members (excludes halogenated alkanes) is 2. The number of nitriles is 2. The number of hydrogen-bond acceptors (Lipinski definition) is 7. The summed E-state index contributed by atoms with van der Waals surface area (Å²) in [6, 6.07) is 9.94. The fourth-order valence-electron chi connectivity index (χ4n) is 4.19. The molecular formula is C25H23N5O5. The highest BCUT2D eigenvalue weighted by Gasteiger charge is 2.35. The van der Waals surface area contributed by atoms with Crippen LogP contribution in [-0.2, 0) is 0 Å². The van der Waals surface area contributed by atoms with Crippen LogP contribution in [0.4, 0.5) is 11.4 Å². The van der Waals surface area contributed by atoms with Crippen molar-refractivity contribution < 1.29 is 14.6 Å². The summed E-state index contributed by atoms with van der Waals surface area (Å²) in [6.07, 6.45) is 3.23. The van der Waals surface area contributed by atoms with E-state index in [1.165, 1.54) is 30.3 Å². The second-order valence-electron chi connectivity index (χ2n) is 8.13. The van der Waals surface area contributed by atoms with Crippen molar-refractivity contribution in [3.05, 3.63) is 72.8 Å². The van der Waals surface area contributed by atoms with Gasteiger partial charge in [-0.1, -0.05) is 26.7 Å². The molecule has 0 radical (unpaired) electrons. The number of nitro benzene ring substituents is 2. The third-order valence-corrected chi connectivity index (χ3v) is 5.91. The van der Waals surface area contributed by atoms with Gasteiger partial charge in [-0.3, -0.25) is 25.0 Å². The van der Waals surface area contributed by atoms with Crippen LogP contribution >= 0.6 is 0 Å². The van der Waals surface area contributed by atoms with E-state index < -0.39 is 15.8 Å². The highest BCUT2D eigenvalue weighted by Crippen LogP contribution is 2.49. The smallest absolute Gasteiger partial charge is 0.270 e. The number of nitro groups is 2. The van der Waals surface area contributed by atoms with E-state index in [4.69, 9.17) is 0 Å². The summed E-state index contributed by atoms with van der Waals surface area (Å²) in [6.45, 7) is 4.95. The van der Waals surface area contributed by atoms with Gasteiger partial charge in [0.1, 0.15) is 17.7 Å². The zero-order valence-corrected chi connectivity index (χ0v) is 19.4. The number of carbonyl (C=O) groups excluding carboxylic acids is 1. The zero-order valence-electron chi connectivity index (χ0n) is 19.4. The van der Waals surface area contributed by atoms with Crippen molar-refractivity contribution in [1.82, 2.24) is 4.90 Å². The molecule has 0 heterocycles. The Morgan fingerprint density at radius 3 is 1.97 bits per heavy atom. The van der Waals surface area contributed by atoms with E-state index in [2.05, 4.69) is 0 Å². The summed E-state index contributed by atoms with van der Waals surface area (Å²) in [5.74, 6) is -0.395. The van der Waals surface area contributed by atoms with Crippen LogP contribution in [-0.4, -0.2) is 33.7 Å². The van der Waals surface area contributed by atoms with Crippen molar-refractivity contribution in [2.45, 2.75) is 39.5 Å². The molecule has 0 saturated heterocycles. The molecule has 10 nitrogen and oxygen atoms in total. The summed E-state index contributed by atoms with van der Waals surface area (Å²) in [5.41, 5.74) is 0.272. The number of nitrogens with zero attached hydrogens (tertiary/aromatic N) is 5. The molecule has 178 valence electrons. The van der Waals surface area contributed by atoms with Gasteiger partial charge in [-0.25, -0.2) is 0 Å². The average Bonchev–Trinajstić information content (AvgIpc) is 3.17. The van der Waals surface area contributed by atoms with Crippen molar-refractivity contribution in [2.24, 2.45) is 0 Å². The van der Waals surface area contributed by atoms with Crippen LogP contribution < -0.4 is 0 Å². The summed E-state index contributed by atoms with van der Waals surface area (Å²) >= 11 is 0. The van der Waals surface area contributed by atoms with Gasteiger partial charge in [0.2, 0.25) is 0 Å². The molecule has 2 aromatic rings. The van der Waals surface area contributed by atoms with Crippen molar-refractivity contribution in [1.29, 1.82) is 10.5 Å². The number of amides is 1. The lowest BCUT2D eigenvalue weighted by Crippen LogP contribution is -2.33. The third-order valence-electron chi connectivity index (χ3n) is 5.91. The second kappa shape index (κ2) is 10.6. The predicted octanol–water partition coefficient (Wildman–Crippen LogP) is 5.37. The fraction of sp³-hybridized carbons (Fsp3) is 0.320. The van der Waals surface area contributed by atoms with Gasteiger partial charge in [-0.15, -0.1) is 0 Å². The number of carbonyl (C=O) groups is 1. The van der Waals surface area contributed by atoms with Crippen LogP contribution in [0.15, 0.2) is 35.9 Å². The molecule has 0 N–H and O–H groups in total. The number of allylic oxidation sites excluding steroid dienone is 1. The van der Waals surface area contributed by atoms with Crippen molar-refractivity contribution in [3.8, 4) is 23.3 Å². The molecule has 0 saturated carbocycles. The number of fused-ring (bicyclic) bond motifs is 3. The molecule has 35 heavy (non-hydrogen) atoms. The van der Waals surface area contributed by atoms with Crippen LogP contribution in [0, 0.1) is 42.9 Å². The van der Waals surface area contributed by atoms with Crippen LogP contribution in [0.5, 0.6) is 0 Å². The Bertz CT molecular complexity index is 1310. The molecule has 3 rings (SSSR count). The van der Waals surface area contributed by atoms with E-state index in [9.17, 15) is 35.5 Å². The van der Waals surface area contributed by atoms with Gasteiger partial charge < -0.3 is 4.90 Å². The minimum Gasteiger partial charge on any atom is -0.339 e. The van der Waals surface area contributed by atoms with Crippen LogP contribution in [0.2, 0.25) is 0 Å². The van der Waals surface area contributed by atoms with Crippen molar-refractivity contribution >= 4 is 22.9 Å². The molecule has 0 atom stereocenters. The van der Waals surface area contributed by atoms with Gasteiger partial charge in [-0.05, 0) is 35.6 Å². The minimum absolute atomic E-state index is 0.0510. The minimum atomic E-state index is -0.638. The summed E-state index contributed by atoms with van der Waals surface area (Å²) in [4.78, 5) is 37.3. The number of rotatable bonds is 9. The van der Waals surface area contributed by atoms with E-state index in [0.29, 0.717) is 24.2 Å². The lowest BCUT2D eigenvalue weighted by molar-refractivity contribution is -0.385. The number of benzene rings is 2. The quantitative estimate of drug-likeness (QED) is 0.230. The first-order valence-corrected chi connectivity index (χ1v) is 11.2. The van der Waals surface area contributed by atoms with Crippen LogP contribution in [0.25, 0.3) is 16.7 Å². The average molecular weight is 473 g/mol. The first-order valence-electron chi connectivity index (χ1n) is 11.2. The predicted molar refractivity (Wildman–Crippen MR) is 128 cm³/mol. The Labute approximate surface area is 202 Å². The van der Waals surface area contributed by atoms with Gasteiger partial charge in [0.15, 0.2) is 0 Å². The van der Waals surface area contributed by atoms with Crippen LogP contribution in [0.3, 0.4) is 0 Å². The standard InChI is InChI=1S/C25H23N5O5/c1-3-5-9-28(10-6-4-2)25(31)22-13-18(30(34)35)12-21-23(16(14-26)15-27)20-11-17(29(32)33)7-8-19(20)24(21)22/h7-8,11-13H,3-6,9-10H2,1-2H3. The molecule has 0 fully saturated rings. The van der Waals surface area contributed by atoms with E-state index in [0.717, 1.165) is 25.7 Å². The van der Waals surface area contributed by atoms with Crippen LogP contribution in [0.1, 0.15) is 61.0 Å². The number of non-ortho nitro benzene ring substituents is 2. The summed E-state index contributed by atoms with van der Waals surface area (Å²) < 4.78 is 0. The second-order valence-corrected chi connectivity index (χ2v) is 8.13. The lowest BCUT2D eigenvalue weighted by atomic mass is 9.95. The molecule has 1 amide bonds. The molecule has 2 aromatic carbocycles. The summed E-state index contributed by atoms with van der Waals surface area (Å²) in [5, 5.41) is 42.3. The van der Waals surface area contributed by atoms with Crippen molar-refractivity contribution in [3.63, 3.8) is 0 Å². The maximum atomic E-state index is 13.7. The highest BCUT2D eigenvalue weighted by molar-refractivity contribution is 6.12. The van der Waals surface area contributed by atoms with Crippen molar-refractivity contribution in [2.75, 3.05) is 13.1 Å². The number of hydrogen-bond donors (Lipinski definition) is 0. The summed E-state index contributed by atoms with van der Waals surface area (Å²) in [7, 11) is 0. The van der Waals surface area contributed by atoms with E-state index >= 15 is 0 Å². The maximum absolute atomic E-state index is 13.7. The zero-order chi connectivity index (χ0) is 25.7. The molecule has 0 spiro atoms. The van der Waals surface area contributed by atoms with Gasteiger partial charge in [0.25, 0.3) is 17.3 Å². The van der Waals surface area contributed by atoms with Gasteiger partial charge >= 0.3 is 0 Å². The molecule has 0 bridgehead atoms. The SMILES string of the molecule is CCCCN(CCCC)C(=O)c1cc([N+](=O)[O-])cc2c1-c1ccc([N+](=O)[O-])cc1C2=C(C#N)C#N. The topological polar surface area (TPSA) is 154 Å². The molecule has 0 aromatic heterocycles. The Kier molecular flexibility index (Phi) is 7.57. The highest BCUT2D eigenvalue weighted by atomic mass is 16.6. The first-order chi connectivity index (χ1) is 16.8. The maximum Gasteiger partial charge on any atom is 0.270 e. The molecular weight excluding hydrogens is 450 g/mol. The lowest BCUT2D eigenvalue weighted by Gasteiger charge is -2.24. The van der Waals surface area contributed by atoms with E-state index in [1.807, 2.05) is 13.8 Å². The Balaban J connectivity index is 2.37.